The van der Waals surface area contributed by atoms with Gasteiger partial charge in [0.25, 0.3) is 0 Å². The Balaban J connectivity index is 1.74. The second kappa shape index (κ2) is 7.72. The molecule has 0 bridgehead atoms. The molecule has 1 atom stereocenters. The maximum atomic E-state index is 12.3. The molecule has 6 nitrogen and oxygen atoms in total. The maximum absolute atomic E-state index is 12.3. The number of rotatable bonds is 4. The van der Waals surface area contributed by atoms with E-state index in [0.29, 0.717) is 17.3 Å². The van der Waals surface area contributed by atoms with Crippen molar-refractivity contribution in [2.75, 3.05) is 14.2 Å². The van der Waals surface area contributed by atoms with Crippen LogP contribution in [0.4, 0.5) is 0 Å². The zero-order valence-electron chi connectivity index (χ0n) is 16.3. The molecule has 2 heterocycles. The van der Waals surface area contributed by atoms with Crippen LogP contribution in [0.5, 0.6) is 11.5 Å². The van der Waals surface area contributed by atoms with Gasteiger partial charge in [0.2, 0.25) is 5.91 Å². The SMILES string of the molecule is COc1cccc(C2=NN(C(C)=O)[C@H](c3cc4ccc(OC)cc4nc3Cl)C2)c1. The summed E-state index contributed by atoms with van der Waals surface area (Å²) in [5.41, 5.74) is 3.21. The fraction of sp³-hybridized carbons (Fsp3) is 0.227. The first kappa shape index (κ1) is 19.2. The molecule has 0 saturated carbocycles. The average Bonchev–Trinajstić information content (AvgIpc) is 3.18. The number of carbonyl (C=O) groups excluding carboxylic acids is 1. The van der Waals surface area contributed by atoms with E-state index < -0.39 is 0 Å². The zero-order chi connectivity index (χ0) is 20.5. The fourth-order valence-corrected chi connectivity index (χ4v) is 3.79. The van der Waals surface area contributed by atoms with Gasteiger partial charge in [0.15, 0.2) is 0 Å². The number of benzene rings is 2. The molecule has 0 radical (unpaired) electrons. The number of ether oxygens (including phenoxy) is 2. The number of carbonyl (C=O) groups is 1. The van der Waals surface area contributed by atoms with Crippen molar-refractivity contribution in [3.63, 3.8) is 0 Å². The smallest absolute Gasteiger partial charge is 0.240 e. The van der Waals surface area contributed by atoms with Gasteiger partial charge < -0.3 is 9.47 Å². The van der Waals surface area contributed by atoms with Gasteiger partial charge in [0, 0.05) is 35.9 Å². The number of fused-ring (bicyclic) bond motifs is 1. The summed E-state index contributed by atoms with van der Waals surface area (Å²) in [6.45, 7) is 1.50. The van der Waals surface area contributed by atoms with Gasteiger partial charge in [-0.05, 0) is 30.3 Å². The minimum absolute atomic E-state index is 0.154. The summed E-state index contributed by atoms with van der Waals surface area (Å²) in [7, 11) is 3.23. The van der Waals surface area contributed by atoms with E-state index in [9.17, 15) is 4.79 Å². The molecule has 148 valence electrons. The van der Waals surface area contributed by atoms with Crippen LogP contribution in [0, 0.1) is 0 Å². The van der Waals surface area contributed by atoms with Gasteiger partial charge >= 0.3 is 0 Å². The minimum atomic E-state index is -0.319. The predicted molar refractivity (Wildman–Crippen MR) is 113 cm³/mol. The second-order valence-electron chi connectivity index (χ2n) is 6.79. The Morgan fingerprint density at radius 3 is 2.59 bits per heavy atom. The topological polar surface area (TPSA) is 64.0 Å². The lowest BCUT2D eigenvalue weighted by molar-refractivity contribution is -0.130. The molecule has 0 fully saturated rings. The molecular weight excluding hydrogens is 390 g/mol. The molecule has 4 rings (SSSR count). The Hall–Kier alpha value is -3.12. The van der Waals surface area contributed by atoms with Gasteiger partial charge in [-0.1, -0.05) is 23.7 Å². The number of methoxy groups -OCH3 is 2. The third kappa shape index (κ3) is 3.63. The van der Waals surface area contributed by atoms with Crippen molar-refractivity contribution >= 4 is 34.1 Å². The van der Waals surface area contributed by atoms with E-state index >= 15 is 0 Å². The number of hydrogen-bond acceptors (Lipinski definition) is 5. The van der Waals surface area contributed by atoms with Crippen LogP contribution < -0.4 is 9.47 Å². The van der Waals surface area contributed by atoms with E-state index in [-0.39, 0.29) is 11.9 Å². The van der Waals surface area contributed by atoms with Crippen LogP contribution in [0.2, 0.25) is 5.15 Å². The van der Waals surface area contributed by atoms with Gasteiger partial charge in [0.05, 0.1) is 31.5 Å². The number of hydrazone groups is 1. The first-order valence-electron chi connectivity index (χ1n) is 9.16. The van der Waals surface area contributed by atoms with Crippen molar-refractivity contribution in [1.82, 2.24) is 9.99 Å². The summed E-state index contributed by atoms with van der Waals surface area (Å²) >= 11 is 6.53. The van der Waals surface area contributed by atoms with Crippen LogP contribution in [-0.2, 0) is 4.79 Å². The number of pyridine rings is 1. The van der Waals surface area contributed by atoms with Gasteiger partial charge in [-0.2, -0.15) is 5.10 Å². The van der Waals surface area contributed by atoms with Crippen LogP contribution in [0.3, 0.4) is 0 Å². The summed E-state index contributed by atoms with van der Waals surface area (Å²) in [6, 6.07) is 14.9. The molecule has 1 amide bonds. The molecule has 0 N–H and O–H groups in total. The molecule has 7 heteroatoms. The standard InChI is InChI=1S/C22H20ClN3O3/c1-13(27)26-21(12-20(25-26)14-5-4-6-16(9-14)28-2)18-10-15-7-8-17(29-3)11-19(15)24-22(18)23/h4-11,21H,12H2,1-3H3/t21-/m0/s1. The number of halogens is 1. The molecule has 1 aliphatic heterocycles. The average molecular weight is 410 g/mol. The molecule has 29 heavy (non-hydrogen) atoms. The van der Waals surface area contributed by atoms with Crippen LogP contribution in [0.25, 0.3) is 10.9 Å². The predicted octanol–water partition coefficient (Wildman–Crippen LogP) is 4.60. The van der Waals surface area contributed by atoms with Crippen molar-refractivity contribution in [2.45, 2.75) is 19.4 Å². The van der Waals surface area contributed by atoms with Crippen molar-refractivity contribution in [1.29, 1.82) is 0 Å². The van der Waals surface area contributed by atoms with E-state index in [1.54, 1.807) is 14.2 Å². The van der Waals surface area contributed by atoms with E-state index in [4.69, 9.17) is 21.1 Å². The molecule has 1 aromatic heterocycles. The zero-order valence-corrected chi connectivity index (χ0v) is 17.1. The lowest BCUT2D eigenvalue weighted by atomic mass is 9.98. The normalized spacial score (nSPS) is 16.1. The Labute approximate surface area is 173 Å². The van der Waals surface area contributed by atoms with Gasteiger partial charge in [-0.15, -0.1) is 0 Å². The Kier molecular flexibility index (Phi) is 5.11. The van der Waals surface area contributed by atoms with Crippen LogP contribution in [0.1, 0.15) is 30.5 Å². The monoisotopic (exact) mass is 409 g/mol. The van der Waals surface area contributed by atoms with E-state index in [2.05, 4.69) is 10.1 Å². The quantitative estimate of drug-likeness (QED) is 0.590. The minimum Gasteiger partial charge on any atom is -0.497 e. The van der Waals surface area contributed by atoms with Crippen molar-refractivity contribution < 1.29 is 14.3 Å². The van der Waals surface area contributed by atoms with Crippen LogP contribution in [-0.4, -0.2) is 35.8 Å². The summed E-state index contributed by atoms with van der Waals surface area (Å²) in [5, 5.41) is 7.33. The largest absolute Gasteiger partial charge is 0.497 e. The molecule has 0 unspecified atom stereocenters. The number of aromatic nitrogens is 1. The molecule has 3 aromatic rings. The van der Waals surface area contributed by atoms with Crippen molar-refractivity contribution in [3.8, 4) is 11.5 Å². The van der Waals surface area contributed by atoms with Gasteiger partial charge in [-0.25, -0.2) is 9.99 Å². The summed E-state index contributed by atoms with van der Waals surface area (Å²) in [6.07, 6.45) is 0.538. The highest BCUT2D eigenvalue weighted by atomic mass is 35.5. The summed E-state index contributed by atoms with van der Waals surface area (Å²) < 4.78 is 10.6. The Morgan fingerprint density at radius 2 is 1.86 bits per heavy atom. The third-order valence-electron chi connectivity index (χ3n) is 5.00. The van der Waals surface area contributed by atoms with Crippen molar-refractivity contribution in [2.24, 2.45) is 5.10 Å². The highest BCUT2D eigenvalue weighted by Gasteiger charge is 2.33. The second-order valence-corrected chi connectivity index (χ2v) is 7.15. The van der Waals surface area contributed by atoms with E-state index in [1.807, 2.05) is 48.5 Å². The van der Waals surface area contributed by atoms with Crippen molar-refractivity contribution in [3.05, 3.63) is 64.8 Å². The number of hydrogen-bond donors (Lipinski definition) is 0. The Bertz CT molecular complexity index is 1130. The lowest BCUT2D eigenvalue weighted by Crippen LogP contribution is -2.24. The molecule has 0 saturated heterocycles. The molecule has 2 aromatic carbocycles. The number of nitrogens with zero attached hydrogens (tertiary/aromatic N) is 3. The summed E-state index contributed by atoms with van der Waals surface area (Å²) in [4.78, 5) is 16.8. The lowest BCUT2D eigenvalue weighted by Gasteiger charge is -2.21. The maximum Gasteiger partial charge on any atom is 0.240 e. The highest BCUT2D eigenvalue weighted by Crippen LogP contribution is 2.37. The fourth-order valence-electron chi connectivity index (χ4n) is 3.52. The van der Waals surface area contributed by atoms with E-state index in [0.717, 1.165) is 33.5 Å². The molecule has 0 aliphatic carbocycles. The molecule has 0 spiro atoms. The van der Waals surface area contributed by atoms with E-state index in [1.165, 1.54) is 11.9 Å². The number of amides is 1. The molecule has 1 aliphatic rings. The van der Waals surface area contributed by atoms with Crippen LogP contribution in [0.15, 0.2) is 53.6 Å². The molecular formula is C22H20ClN3O3. The third-order valence-corrected chi connectivity index (χ3v) is 5.30. The van der Waals surface area contributed by atoms with Gasteiger partial charge in [0.1, 0.15) is 16.7 Å². The van der Waals surface area contributed by atoms with Gasteiger partial charge in [-0.3, -0.25) is 4.79 Å². The summed E-state index contributed by atoms with van der Waals surface area (Å²) in [5.74, 6) is 1.30. The van der Waals surface area contributed by atoms with Crippen LogP contribution >= 0.6 is 11.6 Å². The first-order valence-corrected chi connectivity index (χ1v) is 9.54. The first-order chi connectivity index (χ1) is 14.0. The highest BCUT2D eigenvalue weighted by molar-refractivity contribution is 6.30. The Morgan fingerprint density at radius 1 is 1.10 bits per heavy atom.